The molecule has 2 amide bonds. The number of pyridine rings is 1. The van der Waals surface area contributed by atoms with Crippen molar-refractivity contribution in [1.82, 2.24) is 15.2 Å². The molecule has 9 heteroatoms. The van der Waals surface area contributed by atoms with Crippen LogP contribution in [0.5, 0.6) is 0 Å². The molecule has 4 N–H and O–H groups in total. The average Bonchev–Trinajstić information content (AvgIpc) is 2.59. The SMILES string of the molecule is CCNC(=NCC(=O)Nc1cccnc1)N1CCCC(CC(N)=O)C1.I. The maximum absolute atomic E-state index is 12.1. The van der Waals surface area contributed by atoms with Crippen LogP contribution in [0.4, 0.5) is 5.69 Å². The van der Waals surface area contributed by atoms with E-state index in [0.717, 1.165) is 25.9 Å². The number of likely N-dealkylation sites (tertiary alicyclic amines) is 1. The number of carbonyl (C=O) groups is 2. The Kier molecular flexibility index (Phi) is 9.92. The number of nitrogens with one attached hydrogen (secondary N) is 2. The largest absolute Gasteiger partial charge is 0.370 e. The summed E-state index contributed by atoms with van der Waals surface area (Å²) in [6.45, 7) is 4.29. The molecule has 1 saturated heterocycles. The van der Waals surface area contributed by atoms with Gasteiger partial charge in [0.05, 0.1) is 11.9 Å². The molecule has 1 aromatic heterocycles. The molecule has 2 heterocycles. The Labute approximate surface area is 171 Å². The number of anilines is 1. The van der Waals surface area contributed by atoms with Gasteiger partial charge >= 0.3 is 0 Å². The lowest BCUT2D eigenvalue weighted by Gasteiger charge is -2.34. The predicted molar refractivity (Wildman–Crippen MR) is 112 cm³/mol. The second kappa shape index (κ2) is 11.7. The molecule has 144 valence electrons. The Balaban J connectivity index is 0.00000338. The fourth-order valence-electron chi connectivity index (χ4n) is 2.92. The summed E-state index contributed by atoms with van der Waals surface area (Å²) >= 11 is 0. The van der Waals surface area contributed by atoms with Gasteiger partial charge in [-0.05, 0) is 37.8 Å². The number of halogens is 1. The quantitative estimate of drug-likeness (QED) is 0.326. The number of guanidine groups is 1. The van der Waals surface area contributed by atoms with Crippen LogP contribution in [-0.2, 0) is 9.59 Å². The standard InChI is InChI=1S/C17H26N6O2.HI/c1-2-20-17(23-8-4-5-13(12-23)9-15(18)24)21-11-16(25)22-14-6-3-7-19-10-14;/h3,6-7,10,13H,2,4-5,8-9,11-12H2,1H3,(H2,18,24)(H,20,21)(H,22,25);1H. The van der Waals surface area contributed by atoms with E-state index in [0.29, 0.717) is 24.6 Å². The maximum atomic E-state index is 12.1. The van der Waals surface area contributed by atoms with E-state index in [1.54, 1.807) is 24.5 Å². The van der Waals surface area contributed by atoms with Gasteiger partial charge in [0.2, 0.25) is 11.8 Å². The van der Waals surface area contributed by atoms with Gasteiger partial charge in [0, 0.05) is 32.3 Å². The van der Waals surface area contributed by atoms with Gasteiger partial charge in [-0.2, -0.15) is 0 Å². The van der Waals surface area contributed by atoms with E-state index in [1.807, 2.05) is 6.92 Å². The third-order valence-electron chi connectivity index (χ3n) is 3.96. The zero-order valence-corrected chi connectivity index (χ0v) is 17.3. The van der Waals surface area contributed by atoms with Crippen molar-refractivity contribution in [3.8, 4) is 0 Å². The third-order valence-corrected chi connectivity index (χ3v) is 3.96. The predicted octanol–water partition coefficient (Wildman–Crippen LogP) is 1.19. The fourth-order valence-corrected chi connectivity index (χ4v) is 2.92. The Hall–Kier alpha value is -1.91. The topological polar surface area (TPSA) is 113 Å². The summed E-state index contributed by atoms with van der Waals surface area (Å²) in [6, 6.07) is 3.54. The molecule has 26 heavy (non-hydrogen) atoms. The summed E-state index contributed by atoms with van der Waals surface area (Å²) < 4.78 is 0. The van der Waals surface area contributed by atoms with Crippen molar-refractivity contribution < 1.29 is 9.59 Å². The maximum Gasteiger partial charge on any atom is 0.246 e. The highest BCUT2D eigenvalue weighted by Gasteiger charge is 2.23. The number of hydrogen-bond donors (Lipinski definition) is 3. The first-order valence-corrected chi connectivity index (χ1v) is 8.60. The van der Waals surface area contributed by atoms with Crippen molar-refractivity contribution >= 4 is 47.4 Å². The van der Waals surface area contributed by atoms with Gasteiger partial charge in [-0.3, -0.25) is 14.6 Å². The van der Waals surface area contributed by atoms with Crippen LogP contribution in [0.3, 0.4) is 0 Å². The minimum absolute atomic E-state index is 0. The Morgan fingerprint density at radius 2 is 2.27 bits per heavy atom. The molecular weight excluding hydrogens is 447 g/mol. The molecule has 0 spiro atoms. The zero-order valence-electron chi connectivity index (χ0n) is 15.0. The lowest BCUT2D eigenvalue weighted by molar-refractivity contribution is -0.119. The van der Waals surface area contributed by atoms with E-state index >= 15 is 0 Å². The molecule has 1 aliphatic heterocycles. The summed E-state index contributed by atoms with van der Waals surface area (Å²) in [5.74, 6) is 0.455. The van der Waals surface area contributed by atoms with Crippen LogP contribution in [0.1, 0.15) is 26.2 Å². The second-order valence-corrected chi connectivity index (χ2v) is 6.08. The van der Waals surface area contributed by atoms with Crippen LogP contribution in [0.2, 0.25) is 0 Å². The van der Waals surface area contributed by atoms with Crippen molar-refractivity contribution in [3.05, 3.63) is 24.5 Å². The summed E-state index contributed by atoms with van der Waals surface area (Å²) in [5.41, 5.74) is 5.96. The summed E-state index contributed by atoms with van der Waals surface area (Å²) in [4.78, 5) is 33.7. The summed E-state index contributed by atoms with van der Waals surface area (Å²) in [6.07, 6.45) is 5.59. The van der Waals surface area contributed by atoms with Gasteiger partial charge in [0.15, 0.2) is 5.96 Å². The van der Waals surface area contributed by atoms with Gasteiger partial charge in [-0.1, -0.05) is 0 Å². The molecule has 0 bridgehead atoms. The van der Waals surface area contributed by atoms with Crippen LogP contribution in [0, 0.1) is 5.92 Å². The van der Waals surface area contributed by atoms with Crippen LogP contribution >= 0.6 is 24.0 Å². The highest BCUT2D eigenvalue weighted by Crippen LogP contribution is 2.19. The van der Waals surface area contributed by atoms with Crippen molar-refractivity contribution in [2.24, 2.45) is 16.6 Å². The number of carbonyl (C=O) groups excluding carboxylic acids is 2. The Bertz CT molecular complexity index is 611. The lowest BCUT2D eigenvalue weighted by atomic mass is 9.95. The number of aliphatic imine (C=N–C) groups is 1. The Morgan fingerprint density at radius 1 is 1.46 bits per heavy atom. The zero-order chi connectivity index (χ0) is 18.1. The monoisotopic (exact) mass is 474 g/mol. The number of primary amides is 1. The van der Waals surface area contributed by atoms with Crippen molar-refractivity contribution in [2.45, 2.75) is 26.2 Å². The molecule has 0 radical (unpaired) electrons. The highest BCUT2D eigenvalue weighted by atomic mass is 127. The van der Waals surface area contributed by atoms with Crippen LogP contribution < -0.4 is 16.4 Å². The summed E-state index contributed by atoms with van der Waals surface area (Å²) in [5, 5.41) is 5.97. The van der Waals surface area contributed by atoms with Crippen molar-refractivity contribution in [1.29, 1.82) is 0 Å². The van der Waals surface area contributed by atoms with E-state index in [2.05, 4.69) is 25.5 Å². The molecule has 1 atom stereocenters. The van der Waals surface area contributed by atoms with Crippen LogP contribution in [0.15, 0.2) is 29.5 Å². The summed E-state index contributed by atoms with van der Waals surface area (Å²) in [7, 11) is 0. The molecule has 0 saturated carbocycles. The molecular formula is C17H27IN6O2. The molecule has 2 rings (SSSR count). The van der Waals surface area contributed by atoms with Gasteiger partial charge in [-0.25, -0.2) is 4.99 Å². The van der Waals surface area contributed by atoms with Gasteiger partial charge in [-0.15, -0.1) is 24.0 Å². The van der Waals surface area contributed by atoms with Crippen molar-refractivity contribution in [2.75, 3.05) is 31.5 Å². The molecule has 1 aromatic rings. The highest BCUT2D eigenvalue weighted by molar-refractivity contribution is 14.0. The number of nitrogens with two attached hydrogens (primary N) is 1. The number of amides is 2. The lowest BCUT2D eigenvalue weighted by Crippen LogP contribution is -2.47. The fraction of sp³-hybridized carbons (Fsp3) is 0.529. The van der Waals surface area contributed by atoms with E-state index in [1.165, 1.54) is 0 Å². The van der Waals surface area contributed by atoms with E-state index < -0.39 is 0 Å². The first-order chi connectivity index (χ1) is 12.1. The molecule has 0 aliphatic carbocycles. The molecule has 1 fully saturated rings. The second-order valence-electron chi connectivity index (χ2n) is 6.08. The molecule has 1 unspecified atom stereocenters. The van der Waals surface area contributed by atoms with E-state index in [9.17, 15) is 9.59 Å². The van der Waals surface area contributed by atoms with Gasteiger partial charge in [0.25, 0.3) is 0 Å². The number of nitrogens with zero attached hydrogens (tertiary/aromatic N) is 3. The third kappa shape index (κ3) is 7.54. The van der Waals surface area contributed by atoms with Gasteiger partial charge < -0.3 is 21.3 Å². The minimum atomic E-state index is -0.273. The number of hydrogen-bond acceptors (Lipinski definition) is 4. The first kappa shape index (κ1) is 22.1. The minimum Gasteiger partial charge on any atom is -0.370 e. The van der Waals surface area contributed by atoms with Gasteiger partial charge in [0.1, 0.15) is 6.54 Å². The number of rotatable bonds is 6. The van der Waals surface area contributed by atoms with Crippen LogP contribution in [0.25, 0.3) is 0 Å². The van der Waals surface area contributed by atoms with E-state index in [4.69, 9.17) is 5.73 Å². The normalized spacial score (nSPS) is 17.2. The Morgan fingerprint density at radius 3 is 2.92 bits per heavy atom. The molecule has 8 nitrogen and oxygen atoms in total. The van der Waals surface area contributed by atoms with E-state index in [-0.39, 0.29) is 48.3 Å². The smallest absolute Gasteiger partial charge is 0.246 e. The molecule has 1 aliphatic rings. The average molecular weight is 474 g/mol. The first-order valence-electron chi connectivity index (χ1n) is 8.60. The van der Waals surface area contributed by atoms with Crippen molar-refractivity contribution in [3.63, 3.8) is 0 Å². The number of aromatic nitrogens is 1. The molecule has 0 aromatic carbocycles. The van der Waals surface area contributed by atoms with Crippen LogP contribution in [-0.4, -0.2) is 53.8 Å². The number of piperidine rings is 1.